The molecule has 1 aliphatic heterocycles. The number of anilines is 1. The summed E-state index contributed by atoms with van der Waals surface area (Å²) in [6.07, 6.45) is 1.75. The van der Waals surface area contributed by atoms with Crippen molar-refractivity contribution >= 4 is 44.7 Å². The molecule has 128 valence electrons. The summed E-state index contributed by atoms with van der Waals surface area (Å²) >= 11 is 6.96. The summed E-state index contributed by atoms with van der Waals surface area (Å²) in [6, 6.07) is 2.12. The average Bonchev–Trinajstić information content (AvgIpc) is 3.04. The number of nitrogens with zero attached hydrogens (tertiary/aromatic N) is 1. The van der Waals surface area contributed by atoms with E-state index in [4.69, 9.17) is 11.6 Å². The molecule has 1 fully saturated rings. The molecule has 11 heteroatoms. The monoisotopic (exact) mass is 390 g/mol. The summed E-state index contributed by atoms with van der Waals surface area (Å²) in [6.45, 7) is 0. The SMILES string of the molecule is O=C(Nc1ccc(F)c(Cl)c1)[C@H]1C[C@@H](c2nccs2)NS(=O)(=O)N1. The van der Waals surface area contributed by atoms with Gasteiger partial charge in [-0.1, -0.05) is 11.6 Å². The van der Waals surface area contributed by atoms with Gasteiger partial charge in [0.2, 0.25) is 5.91 Å². The number of rotatable bonds is 3. The largest absolute Gasteiger partial charge is 0.325 e. The maximum Gasteiger partial charge on any atom is 0.278 e. The Morgan fingerprint density at radius 1 is 1.42 bits per heavy atom. The molecular formula is C13H12ClFN4O3S2. The third-order valence-electron chi connectivity index (χ3n) is 3.32. The van der Waals surface area contributed by atoms with Crippen LogP contribution < -0.4 is 14.8 Å². The lowest BCUT2D eigenvalue weighted by atomic mass is 10.1. The van der Waals surface area contributed by atoms with Crippen LogP contribution in [0.15, 0.2) is 29.8 Å². The maximum absolute atomic E-state index is 13.2. The Balaban J connectivity index is 1.77. The molecule has 24 heavy (non-hydrogen) atoms. The van der Waals surface area contributed by atoms with Crippen molar-refractivity contribution in [1.29, 1.82) is 0 Å². The molecule has 2 heterocycles. The van der Waals surface area contributed by atoms with E-state index in [-0.39, 0.29) is 17.1 Å². The molecule has 0 bridgehead atoms. The lowest BCUT2D eigenvalue weighted by molar-refractivity contribution is -0.118. The van der Waals surface area contributed by atoms with Gasteiger partial charge >= 0.3 is 0 Å². The van der Waals surface area contributed by atoms with Crippen molar-refractivity contribution in [1.82, 2.24) is 14.4 Å². The molecule has 2 aromatic rings. The number of hydrogen-bond donors (Lipinski definition) is 3. The van der Waals surface area contributed by atoms with Crippen LogP contribution in [-0.4, -0.2) is 25.4 Å². The first-order valence-corrected chi connectivity index (χ1v) is 9.53. The van der Waals surface area contributed by atoms with Crippen LogP contribution in [0, 0.1) is 5.82 Å². The summed E-state index contributed by atoms with van der Waals surface area (Å²) in [7, 11) is -3.84. The predicted octanol–water partition coefficient (Wildman–Crippen LogP) is 1.81. The van der Waals surface area contributed by atoms with E-state index in [0.717, 1.165) is 6.07 Å². The molecule has 3 rings (SSSR count). The minimum Gasteiger partial charge on any atom is -0.325 e. The van der Waals surface area contributed by atoms with Gasteiger partial charge < -0.3 is 5.32 Å². The van der Waals surface area contributed by atoms with Gasteiger partial charge in [0.05, 0.1) is 11.1 Å². The van der Waals surface area contributed by atoms with Crippen molar-refractivity contribution in [2.45, 2.75) is 18.5 Å². The second kappa shape index (κ2) is 6.73. The van der Waals surface area contributed by atoms with Gasteiger partial charge in [0.25, 0.3) is 10.2 Å². The zero-order chi connectivity index (χ0) is 17.3. The van der Waals surface area contributed by atoms with E-state index in [0.29, 0.717) is 5.01 Å². The highest BCUT2D eigenvalue weighted by atomic mass is 35.5. The van der Waals surface area contributed by atoms with Crippen molar-refractivity contribution in [3.63, 3.8) is 0 Å². The van der Waals surface area contributed by atoms with Gasteiger partial charge in [-0.3, -0.25) is 4.79 Å². The number of amides is 1. The number of thiazole rings is 1. The lowest BCUT2D eigenvalue weighted by Gasteiger charge is -2.29. The smallest absolute Gasteiger partial charge is 0.278 e. The summed E-state index contributed by atoms with van der Waals surface area (Å²) in [5, 5.41) is 4.68. The second-order valence-electron chi connectivity index (χ2n) is 5.07. The molecule has 0 spiro atoms. The number of hydrogen-bond acceptors (Lipinski definition) is 5. The highest BCUT2D eigenvalue weighted by molar-refractivity contribution is 7.87. The molecule has 1 aromatic carbocycles. The summed E-state index contributed by atoms with van der Waals surface area (Å²) < 4.78 is 41.7. The first-order chi connectivity index (χ1) is 11.3. The van der Waals surface area contributed by atoms with Gasteiger partial charge in [0.15, 0.2) is 0 Å². The van der Waals surface area contributed by atoms with E-state index >= 15 is 0 Å². The van der Waals surface area contributed by atoms with E-state index in [1.54, 1.807) is 11.6 Å². The Kier molecular flexibility index (Phi) is 4.83. The highest BCUT2D eigenvalue weighted by Gasteiger charge is 2.36. The van der Waals surface area contributed by atoms with Crippen molar-refractivity contribution < 1.29 is 17.6 Å². The van der Waals surface area contributed by atoms with E-state index in [9.17, 15) is 17.6 Å². The van der Waals surface area contributed by atoms with Crippen LogP contribution in [-0.2, 0) is 15.0 Å². The van der Waals surface area contributed by atoms with E-state index in [2.05, 4.69) is 19.7 Å². The molecule has 0 aliphatic carbocycles. The van der Waals surface area contributed by atoms with Crippen molar-refractivity contribution in [2.75, 3.05) is 5.32 Å². The quantitative estimate of drug-likeness (QED) is 0.744. The Hall–Kier alpha value is -1.59. The number of aromatic nitrogens is 1. The zero-order valence-electron chi connectivity index (χ0n) is 12.0. The molecule has 1 aromatic heterocycles. The minimum absolute atomic E-state index is 0.139. The van der Waals surface area contributed by atoms with Crippen molar-refractivity contribution in [3.8, 4) is 0 Å². The van der Waals surface area contributed by atoms with Crippen LogP contribution in [0.25, 0.3) is 0 Å². The maximum atomic E-state index is 13.2. The number of carbonyl (C=O) groups is 1. The van der Waals surface area contributed by atoms with Crippen LogP contribution in [0.3, 0.4) is 0 Å². The number of halogens is 2. The highest BCUT2D eigenvalue weighted by Crippen LogP contribution is 2.26. The molecular weight excluding hydrogens is 379 g/mol. The zero-order valence-corrected chi connectivity index (χ0v) is 14.4. The lowest BCUT2D eigenvalue weighted by Crippen LogP contribution is -2.55. The van der Waals surface area contributed by atoms with Crippen LogP contribution in [0.1, 0.15) is 17.5 Å². The molecule has 0 unspecified atom stereocenters. The van der Waals surface area contributed by atoms with E-state index in [1.807, 2.05) is 0 Å². The Morgan fingerprint density at radius 3 is 2.88 bits per heavy atom. The fourth-order valence-corrected chi connectivity index (χ4v) is 4.45. The van der Waals surface area contributed by atoms with Gasteiger partial charge in [-0.15, -0.1) is 11.3 Å². The van der Waals surface area contributed by atoms with Crippen LogP contribution in [0.5, 0.6) is 0 Å². The van der Waals surface area contributed by atoms with Gasteiger partial charge in [-0.05, 0) is 24.6 Å². The molecule has 1 aliphatic rings. The summed E-state index contributed by atoms with van der Waals surface area (Å²) in [4.78, 5) is 16.4. The molecule has 1 amide bonds. The van der Waals surface area contributed by atoms with Crippen LogP contribution in [0.4, 0.5) is 10.1 Å². The molecule has 3 N–H and O–H groups in total. The fourth-order valence-electron chi connectivity index (χ4n) is 2.26. The molecule has 1 saturated heterocycles. The topological polar surface area (TPSA) is 100 Å². The number of nitrogens with one attached hydrogen (secondary N) is 3. The fraction of sp³-hybridized carbons (Fsp3) is 0.231. The minimum atomic E-state index is -3.84. The number of benzene rings is 1. The van der Waals surface area contributed by atoms with E-state index in [1.165, 1.54) is 23.5 Å². The van der Waals surface area contributed by atoms with Crippen molar-refractivity contribution in [2.24, 2.45) is 0 Å². The third kappa shape index (κ3) is 3.90. The predicted molar refractivity (Wildman–Crippen MR) is 88.5 cm³/mol. The standard InChI is InChI=1S/C13H12ClFN4O3S2/c14-8-5-7(1-2-9(8)15)17-12(20)10-6-11(13-16-3-4-23-13)19-24(21,22)18-10/h1-5,10-11,18-19H,6H2,(H,17,20)/t10-,11+/m1/s1. The van der Waals surface area contributed by atoms with Crippen molar-refractivity contribution in [3.05, 3.63) is 45.6 Å². The summed E-state index contributed by atoms with van der Waals surface area (Å²) in [5.41, 5.74) is 0.273. The van der Waals surface area contributed by atoms with Gasteiger partial charge in [0, 0.05) is 17.3 Å². The number of carbonyl (C=O) groups excluding carboxylic acids is 1. The van der Waals surface area contributed by atoms with Gasteiger partial charge in [-0.2, -0.15) is 17.9 Å². The Bertz CT molecular complexity index is 860. The second-order valence-corrected chi connectivity index (χ2v) is 7.88. The molecule has 0 radical (unpaired) electrons. The molecule has 7 nitrogen and oxygen atoms in total. The van der Waals surface area contributed by atoms with E-state index < -0.39 is 34.0 Å². The van der Waals surface area contributed by atoms with Gasteiger partial charge in [0.1, 0.15) is 16.9 Å². The molecule has 2 atom stereocenters. The normalized spacial score (nSPS) is 22.9. The van der Waals surface area contributed by atoms with Crippen LogP contribution in [0.2, 0.25) is 5.02 Å². The Labute approximate surface area is 146 Å². The third-order valence-corrected chi connectivity index (χ3v) is 5.69. The molecule has 0 saturated carbocycles. The first-order valence-electron chi connectivity index (χ1n) is 6.79. The van der Waals surface area contributed by atoms with Crippen LogP contribution >= 0.6 is 22.9 Å². The first kappa shape index (κ1) is 17.2. The summed E-state index contributed by atoms with van der Waals surface area (Å²) in [5.74, 6) is -1.18. The Morgan fingerprint density at radius 2 is 2.21 bits per heavy atom. The van der Waals surface area contributed by atoms with Gasteiger partial charge in [-0.25, -0.2) is 9.37 Å². The average molecular weight is 391 g/mol.